The Hall–Kier alpha value is -5.82. The maximum Gasteiger partial charge on any atom is 0.407 e. The van der Waals surface area contributed by atoms with E-state index in [-0.39, 0.29) is 24.1 Å². The largest absolute Gasteiger partial charge is 0.469 e. The lowest BCUT2D eigenvalue weighted by Gasteiger charge is -2.28. The number of carbonyl (C=O) groups excluding carboxylic acids is 2. The molecule has 0 radical (unpaired) electrons. The molecule has 4 atom stereocenters. The van der Waals surface area contributed by atoms with Gasteiger partial charge >= 0.3 is 6.09 Å². The number of nitrogens with one attached hydrogen (secondary N) is 4. The Morgan fingerprint density at radius 2 is 1.87 bits per heavy atom. The molecule has 0 fully saturated rings. The van der Waals surface area contributed by atoms with Gasteiger partial charge in [0.05, 0.1) is 12.8 Å². The third kappa shape index (κ3) is 4.80. The van der Waals surface area contributed by atoms with Gasteiger partial charge in [-0.3, -0.25) is 4.79 Å². The van der Waals surface area contributed by atoms with Gasteiger partial charge in [-0.15, -0.1) is 0 Å². The summed E-state index contributed by atoms with van der Waals surface area (Å²) in [5.74, 6) is 1.82. The first-order chi connectivity index (χ1) is 26.0. The third-order valence-corrected chi connectivity index (χ3v) is 12.9. The van der Waals surface area contributed by atoms with Crippen molar-refractivity contribution in [2.24, 2.45) is 5.92 Å². The highest BCUT2D eigenvalue weighted by Gasteiger charge is 2.61. The fourth-order valence-corrected chi connectivity index (χ4v) is 9.21. The number of hydrogen-bond acceptors (Lipinski definition) is 9. The van der Waals surface area contributed by atoms with Gasteiger partial charge in [-0.05, 0) is 35.2 Å². The number of aromatic nitrogens is 3. The number of H-pyrrole nitrogens is 1. The van der Waals surface area contributed by atoms with Gasteiger partial charge in [0.25, 0.3) is 0 Å². The topological polar surface area (TPSA) is 157 Å². The molecule has 54 heavy (non-hydrogen) atoms. The second kappa shape index (κ2) is 11.6. The molecule has 4 aliphatic heterocycles. The van der Waals surface area contributed by atoms with Crippen molar-refractivity contribution < 1.29 is 27.9 Å². The van der Waals surface area contributed by atoms with Gasteiger partial charge in [-0.2, -0.15) is 0 Å². The SMILES string of the molecule is CC(C)[C@@H]1NC(=O)[C@@H](NC(=O)OCC[Si](C)(C)C)Cc2ccc3c(c2)[C@]24c5cccc(c5N[C@@H]2O3)-c2cccc3[nH]cc(c23)-c2cnc(o2)-c2nc1oc24. The number of benzene rings is 3. The first kappa shape index (κ1) is 32.8. The first-order valence-corrected chi connectivity index (χ1v) is 22.2. The van der Waals surface area contributed by atoms with Crippen LogP contribution in [0.25, 0.3) is 44.9 Å². The van der Waals surface area contributed by atoms with E-state index in [9.17, 15) is 9.59 Å². The molecule has 274 valence electrons. The average molecular weight is 741 g/mol. The van der Waals surface area contributed by atoms with Gasteiger partial charge in [0.2, 0.25) is 17.7 Å². The van der Waals surface area contributed by atoms with E-state index < -0.39 is 37.9 Å². The van der Waals surface area contributed by atoms with E-state index in [1.165, 1.54) is 0 Å². The number of para-hydroxylation sites is 1. The quantitative estimate of drug-likeness (QED) is 0.130. The van der Waals surface area contributed by atoms with Crippen LogP contribution < -0.4 is 20.7 Å². The molecule has 2 amide bonds. The van der Waals surface area contributed by atoms with Crippen LogP contribution in [0.2, 0.25) is 25.7 Å². The number of carbonyl (C=O) groups is 2. The van der Waals surface area contributed by atoms with Gasteiger partial charge in [-0.25, -0.2) is 14.8 Å². The number of anilines is 1. The maximum atomic E-state index is 14.2. The van der Waals surface area contributed by atoms with Gasteiger partial charge in [0, 0.05) is 59.5 Å². The van der Waals surface area contributed by atoms with Gasteiger partial charge in [0.15, 0.2) is 23.4 Å². The van der Waals surface area contributed by atoms with E-state index in [0.717, 1.165) is 56.0 Å². The average Bonchev–Trinajstić information content (AvgIpc) is 3.95. The van der Waals surface area contributed by atoms with Crippen LogP contribution in [0.4, 0.5) is 10.5 Å². The molecule has 10 bridgehead atoms. The molecule has 13 heteroatoms. The molecule has 6 aromatic rings. The van der Waals surface area contributed by atoms with Crippen LogP contribution in [-0.2, 0) is 21.4 Å². The molecule has 0 saturated heterocycles. The summed E-state index contributed by atoms with van der Waals surface area (Å²) in [6, 6.07) is 17.7. The molecule has 7 heterocycles. The molecule has 0 saturated carbocycles. The van der Waals surface area contributed by atoms with Crippen LogP contribution in [-0.4, -0.2) is 53.9 Å². The highest BCUT2D eigenvalue weighted by atomic mass is 28.3. The number of alkyl carbamates (subject to hydrolysis) is 1. The molecule has 3 aromatic heterocycles. The fourth-order valence-electron chi connectivity index (χ4n) is 8.49. The lowest BCUT2D eigenvalue weighted by Crippen LogP contribution is -2.50. The zero-order valence-electron chi connectivity index (χ0n) is 30.6. The van der Waals surface area contributed by atoms with Crippen LogP contribution in [0.3, 0.4) is 0 Å². The normalized spacial score (nSPS) is 21.7. The molecule has 3 aromatic carbocycles. The number of aromatic amines is 1. The van der Waals surface area contributed by atoms with Crippen molar-refractivity contribution in [2.75, 3.05) is 11.9 Å². The Balaban J connectivity index is 1.21. The number of ether oxygens (including phenoxy) is 2. The van der Waals surface area contributed by atoms with E-state index >= 15 is 0 Å². The number of oxazole rings is 2. The summed E-state index contributed by atoms with van der Waals surface area (Å²) in [6.45, 7) is 10.9. The molecule has 12 nitrogen and oxygen atoms in total. The second-order valence-electron chi connectivity index (χ2n) is 16.3. The Morgan fingerprint density at radius 3 is 2.70 bits per heavy atom. The Bertz CT molecular complexity index is 2530. The number of hydrogen-bond donors (Lipinski definition) is 4. The summed E-state index contributed by atoms with van der Waals surface area (Å²) in [6.07, 6.45) is 2.63. The van der Waals surface area contributed by atoms with E-state index in [1.54, 1.807) is 6.20 Å². The lowest BCUT2D eigenvalue weighted by atomic mass is 9.72. The van der Waals surface area contributed by atoms with Crippen molar-refractivity contribution >= 4 is 36.7 Å². The Kier molecular flexibility index (Phi) is 7.04. The molecular weight excluding hydrogens is 701 g/mol. The molecular formula is C41H40N6O6Si. The third-order valence-electron chi connectivity index (χ3n) is 11.2. The minimum Gasteiger partial charge on any atom is -0.469 e. The summed E-state index contributed by atoms with van der Waals surface area (Å²) in [4.78, 5) is 40.8. The van der Waals surface area contributed by atoms with Crippen molar-refractivity contribution in [3.63, 3.8) is 0 Å². The Morgan fingerprint density at radius 1 is 1.04 bits per heavy atom. The van der Waals surface area contributed by atoms with Crippen LogP contribution in [0.1, 0.15) is 48.2 Å². The molecule has 10 rings (SSSR count). The van der Waals surface area contributed by atoms with Crippen LogP contribution in [0.5, 0.6) is 5.75 Å². The van der Waals surface area contributed by atoms with E-state index in [2.05, 4.69) is 77.0 Å². The monoisotopic (exact) mass is 740 g/mol. The van der Waals surface area contributed by atoms with Crippen LogP contribution >= 0.6 is 0 Å². The van der Waals surface area contributed by atoms with Crippen molar-refractivity contribution in [3.05, 3.63) is 95.3 Å². The highest BCUT2D eigenvalue weighted by molar-refractivity contribution is 6.76. The van der Waals surface area contributed by atoms with E-state index in [4.69, 9.17) is 28.3 Å². The van der Waals surface area contributed by atoms with E-state index in [1.807, 2.05) is 38.2 Å². The van der Waals surface area contributed by atoms with Crippen molar-refractivity contribution in [3.8, 4) is 39.8 Å². The highest BCUT2D eigenvalue weighted by Crippen LogP contribution is 2.61. The number of rotatable bonds is 5. The van der Waals surface area contributed by atoms with Gasteiger partial charge in [0.1, 0.15) is 23.2 Å². The van der Waals surface area contributed by atoms with Crippen molar-refractivity contribution in [1.82, 2.24) is 25.6 Å². The molecule has 1 spiro atoms. The fraction of sp³-hybridized carbons (Fsp3) is 0.317. The minimum atomic E-state index is -1.44. The summed E-state index contributed by atoms with van der Waals surface area (Å²) in [5, 5.41) is 10.8. The smallest absolute Gasteiger partial charge is 0.407 e. The zero-order valence-corrected chi connectivity index (χ0v) is 31.6. The zero-order chi connectivity index (χ0) is 37.1. The summed E-state index contributed by atoms with van der Waals surface area (Å²) in [5.41, 5.74) is 6.80. The lowest BCUT2D eigenvalue weighted by molar-refractivity contribution is -0.124. The Labute approximate surface area is 312 Å². The standard InChI is InChI=1S/C41H40N6O6Si/c1-20(2)32-38-46-34-35(53-38)41-25-10-6-9-23(22-8-7-11-27-31(22)24(18-42-27)30-19-43-37(34)51-30)33(25)47-39(41)52-29-13-12-21(16-26(29)41)17-28(36(48)45-32)44-40(49)50-14-15-54(3,4)5/h6-13,16,18-20,28,32,39,42,47H,14-15,17H2,1-5H3,(H,44,49)(H,45,48)/t28-,32-,39+,41-/m0/s1. The van der Waals surface area contributed by atoms with Crippen molar-refractivity contribution in [2.45, 2.75) is 69.7 Å². The van der Waals surface area contributed by atoms with Crippen LogP contribution in [0.15, 0.2) is 75.8 Å². The second-order valence-corrected chi connectivity index (χ2v) is 21.9. The number of amides is 2. The number of fused-ring (bicyclic) bond motifs is 7. The van der Waals surface area contributed by atoms with Gasteiger partial charge < -0.3 is 39.2 Å². The predicted molar refractivity (Wildman–Crippen MR) is 205 cm³/mol. The summed E-state index contributed by atoms with van der Waals surface area (Å²) < 4.78 is 26.1. The summed E-state index contributed by atoms with van der Waals surface area (Å²) in [7, 11) is -1.44. The van der Waals surface area contributed by atoms with Crippen molar-refractivity contribution in [1.29, 1.82) is 0 Å². The minimum absolute atomic E-state index is 0.146. The first-order valence-electron chi connectivity index (χ1n) is 18.5. The summed E-state index contributed by atoms with van der Waals surface area (Å²) >= 11 is 0. The van der Waals surface area contributed by atoms with Crippen LogP contribution in [0, 0.1) is 5.92 Å². The predicted octanol–water partition coefficient (Wildman–Crippen LogP) is 7.74. The molecule has 4 aliphatic rings. The van der Waals surface area contributed by atoms with E-state index in [0.29, 0.717) is 35.5 Å². The van der Waals surface area contributed by atoms with Gasteiger partial charge in [-0.1, -0.05) is 76.0 Å². The number of nitrogens with zero attached hydrogens (tertiary/aromatic N) is 2. The maximum absolute atomic E-state index is 14.2. The molecule has 0 aliphatic carbocycles. The molecule has 0 unspecified atom stereocenters. The molecule has 4 N–H and O–H groups in total.